The Labute approximate surface area is 138 Å². The third-order valence-corrected chi connectivity index (χ3v) is 4.20. The van der Waals surface area contributed by atoms with Gasteiger partial charge in [-0.05, 0) is 25.0 Å². The third-order valence-electron chi connectivity index (χ3n) is 4.20. The second-order valence-corrected chi connectivity index (χ2v) is 5.79. The minimum atomic E-state index is -0.0707. The zero-order valence-corrected chi connectivity index (χ0v) is 13.0. The number of carbonyl (C=O) groups excluding carboxylic acids is 1. The van der Waals surface area contributed by atoms with Gasteiger partial charge in [0.1, 0.15) is 11.8 Å². The van der Waals surface area contributed by atoms with Gasteiger partial charge in [0.05, 0.1) is 6.33 Å². The number of H-pyrrole nitrogens is 1. The van der Waals surface area contributed by atoms with Gasteiger partial charge in [-0.15, -0.1) is 0 Å². The predicted octanol–water partition coefficient (Wildman–Crippen LogP) is 1.15. The maximum Gasteiger partial charge on any atom is 0.251 e. The molecule has 1 aliphatic rings. The van der Waals surface area contributed by atoms with Crippen LogP contribution in [-0.4, -0.2) is 50.0 Å². The molecule has 0 aliphatic carbocycles. The van der Waals surface area contributed by atoms with Crippen molar-refractivity contribution >= 4 is 22.9 Å². The average molecular weight is 323 g/mol. The van der Waals surface area contributed by atoms with Gasteiger partial charge in [0.25, 0.3) is 5.91 Å². The summed E-state index contributed by atoms with van der Waals surface area (Å²) in [6.07, 6.45) is 8.33. The second kappa shape index (κ2) is 6.23. The molecular weight excluding hydrogens is 306 g/mol. The van der Waals surface area contributed by atoms with Crippen molar-refractivity contribution in [3.8, 4) is 0 Å². The average Bonchev–Trinajstić information content (AvgIpc) is 3.11. The first-order chi connectivity index (χ1) is 11.8. The highest BCUT2D eigenvalue weighted by Gasteiger charge is 2.24. The second-order valence-electron chi connectivity index (χ2n) is 5.79. The van der Waals surface area contributed by atoms with Crippen LogP contribution >= 0.6 is 0 Å². The van der Waals surface area contributed by atoms with E-state index >= 15 is 0 Å². The number of aromatic nitrogens is 5. The van der Waals surface area contributed by atoms with E-state index in [0.29, 0.717) is 17.8 Å². The quantitative estimate of drug-likeness (QED) is 0.750. The minimum absolute atomic E-state index is 0.0707. The summed E-state index contributed by atoms with van der Waals surface area (Å²) in [4.78, 5) is 34.2. The van der Waals surface area contributed by atoms with E-state index in [4.69, 9.17) is 0 Å². The van der Waals surface area contributed by atoms with Crippen LogP contribution in [0.1, 0.15) is 23.2 Å². The number of nitrogens with one attached hydrogen (secondary N) is 2. The summed E-state index contributed by atoms with van der Waals surface area (Å²) in [6, 6.07) is 3.51. The molecule has 3 aromatic heterocycles. The Morgan fingerprint density at radius 3 is 3.00 bits per heavy atom. The lowest BCUT2D eigenvalue weighted by Crippen LogP contribution is -2.48. The van der Waals surface area contributed by atoms with E-state index in [9.17, 15) is 4.79 Å². The zero-order chi connectivity index (χ0) is 16.4. The van der Waals surface area contributed by atoms with Gasteiger partial charge in [-0.2, -0.15) is 0 Å². The molecule has 4 heterocycles. The monoisotopic (exact) mass is 323 g/mol. The third kappa shape index (κ3) is 2.78. The molecule has 4 rings (SSSR count). The minimum Gasteiger partial charge on any atom is -0.353 e. The Morgan fingerprint density at radius 2 is 2.12 bits per heavy atom. The van der Waals surface area contributed by atoms with Gasteiger partial charge in [0.2, 0.25) is 0 Å². The summed E-state index contributed by atoms with van der Waals surface area (Å²) in [5.74, 6) is 0.763. The van der Waals surface area contributed by atoms with Crippen LogP contribution in [0.4, 0.5) is 5.82 Å². The number of carbonyl (C=O) groups is 1. The summed E-state index contributed by atoms with van der Waals surface area (Å²) in [5.41, 5.74) is 2.11. The van der Waals surface area contributed by atoms with Gasteiger partial charge in [-0.1, -0.05) is 0 Å². The largest absolute Gasteiger partial charge is 0.353 e. The summed E-state index contributed by atoms with van der Waals surface area (Å²) in [7, 11) is 0. The van der Waals surface area contributed by atoms with Gasteiger partial charge >= 0.3 is 0 Å². The van der Waals surface area contributed by atoms with E-state index in [1.165, 1.54) is 6.33 Å². The maximum absolute atomic E-state index is 12.3. The molecule has 2 N–H and O–H groups in total. The Balaban J connectivity index is 1.50. The highest BCUT2D eigenvalue weighted by molar-refractivity contribution is 5.94. The lowest BCUT2D eigenvalue weighted by atomic mass is 10.0. The standard InChI is InChI=1S/C16H17N7O/c24-16(11-3-5-17-6-4-11)22-12-2-1-7-23(8-12)15-13-14(19-9-18-13)20-10-21-15/h3-6,9-10,12H,1-2,7-8H2,(H,22,24)(H,18,19,20,21). The van der Waals surface area contributed by atoms with Gasteiger partial charge in [-0.3, -0.25) is 9.78 Å². The summed E-state index contributed by atoms with van der Waals surface area (Å²) in [6.45, 7) is 1.61. The number of amides is 1. The number of piperidine rings is 1. The fraction of sp³-hybridized carbons (Fsp3) is 0.312. The molecule has 1 unspecified atom stereocenters. The number of hydrogen-bond donors (Lipinski definition) is 2. The van der Waals surface area contributed by atoms with E-state index in [2.05, 4.69) is 35.1 Å². The van der Waals surface area contributed by atoms with E-state index in [0.717, 1.165) is 30.7 Å². The summed E-state index contributed by atoms with van der Waals surface area (Å²) >= 11 is 0. The molecular formula is C16H17N7O. The lowest BCUT2D eigenvalue weighted by molar-refractivity contribution is 0.0933. The molecule has 0 spiro atoms. The first-order valence-corrected chi connectivity index (χ1v) is 7.91. The molecule has 1 atom stereocenters. The number of hydrogen-bond acceptors (Lipinski definition) is 6. The number of nitrogens with zero attached hydrogens (tertiary/aromatic N) is 5. The van der Waals surface area contributed by atoms with Crippen LogP contribution in [0, 0.1) is 0 Å². The van der Waals surface area contributed by atoms with Crippen LogP contribution in [0.2, 0.25) is 0 Å². The Morgan fingerprint density at radius 1 is 1.25 bits per heavy atom. The van der Waals surface area contributed by atoms with Crippen molar-refractivity contribution in [1.82, 2.24) is 30.2 Å². The molecule has 0 bridgehead atoms. The van der Waals surface area contributed by atoms with E-state index in [1.807, 2.05) is 0 Å². The molecule has 0 saturated carbocycles. The molecule has 8 heteroatoms. The Kier molecular flexibility index (Phi) is 3.78. The van der Waals surface area contributed by atoms with Crippen molar-refractivity contribution in [3.05, 3.63) is 42.7 Å². The molecule has 1 saturated heterocycles. The van der Waals surface area contributed by atoms with E-state index < -0.39 is 0 Å². The van der Waals surface area contributed by atoms with Gasteiger partial charge in [-0.25, -0.2) is 15.0 Å². The molecule has 1 fully saturated rings. The molecule has 1 aliphatic heterocycles. The molecule has 0 radical (unpaired) electrons. The van der Waals surface area contributed by atoms with Crippen LogP contribution in [0.15, 0.2) is 37.2 Å². The van der Waals surface area contributed by atoms with Crippen molar-refractivity contribution in [2.45, 2.75) is 18.9 Å². The first-order valence-electron chi connectivity index (χ1n) is 7.91. The lowest BCUT2D eigenvalue weighted by Gasteiger charge is -2.34. The summed E-state index contributed by atoms with van der Waals surface area (Å²) < 4.78 is 0. The van der Waals surface area contributed by atoms with Crippen molar-refractivity contribution in [2.24, 2.45) is 0 Å². The van der Waals surface area contributed by atoms with Crippen LogP contribution < -0.4 is 10.2 Å². The van der Waals surface area contributed by atoms with Crippen molar-refractivity contribution < 1.29 is 4.79 Å². The van der Waals surface area contributed by atoms with Crippen LogP contribution in [0.25, 0.3) is 11.2 Å². The van der Waals surface area contributed by atoms with Gasteiger partial charge in [0, 0.05) is 37.1 Å². The number of imidazole rings is 1. The Bertz CT molecular complexity index is 848. The number of rotatable bonds is 3. The van der Waals surface area contributed by atoms with Crippen LogP contribution in [0.5, 0.6) is 0 Å². The fourth-order valence-corrected chi connectivity index (χ4v) is 3.05. The van der Waals surface area contributed by atoms with E-state index in [1.54, 1.807) is 30.9 Å². The molecule has 0 aromatic carbocycles. The maximum atomic E-state index is 12.3. The van der Waals surface area contributed by atoms with E-state index in [-0.39, 0.29) is 11.9 Å². The van der Waals surface area contributed by atoms with Crippen molar-refractivity contribution in [3.63, 3.8) is 0 Å². The highest BCUT2D eigenvalue weighted by Crippen LogP contribution is 2.23. The molecule has 8 nitrogen and oxygen atoms in total. The number of anilines is 1. The number of pyridine rings is 1. The van der Waals surface area contributed by atoms with Crippen LogP contribution in [0.3, 0.4) is 0 Å². The highest BCUT2D eigenvalue weighted by atomic mass is 16.1. The smallest absolute Gasteiger partial charge is 0.251 e. The topological polar surface area (TPSA) is 99.7 Å². The SMILES string of the molecule is O=C(NC1CCCN(c2ncnc3nc[nH]c23)C1)c1ccncc1. The number of fused-ring (bicyclic) bond motifs is 1. The summed E-state index contributed by atoms with van der Waals surface area (Å²) in [5, 5.41) is 3.10. The number of aromatic amines is 1. The van der Waals surface area contributed by atoms with Gasteiger partial charge < -0.3 is 15.2 Å². The van der Waals surface area contributed by atoms with Gasteiger partial charge in [0.15, 0.2) is 11.5 Å². The zero-order valence-electron chi connectivity index (χ0n) is 13.0. The first kappa shape index (κ1) is 14.6. The molecule has 122 valence electrons. The molecule has 3 aromatic rings. The van der Waals surface area contributed by atoms with Crippen molar-refractivity contribution in [1.29, 1.82) is 0 Å². The fourth-order valence-electron chi connectivity index (χ4n) is 3.05. The molecule has 1 amide bonds. The Hall–Kier alpha value is -3.03. The predicted molar refractivity (Wildman–Crippen MR) is 88.6 cm³/mol. The van der Waals surface area contributed by atoms with Crippen molar-refractivity contribution in [2.75, 3.05) is 18.0 Å². The van der Waals surface area contributed by atoms with Crippen LogP contribution in [-0.2, 0) is 0 Å². The molecule has 24 heavy (non-hydrogen) atoms. The normalized spacial score (nSPS) is 17.8.